The molecule has 2 rings (SSSR count). The molecule has 0 bridgehead atoms. The zero-order valence-electron chi connectivity index (χ0n) is 8.12. The van der Waals surface area contributed by atoms with Crippen LogP contribution in [0.1, 0.15) is 5.56 Å². The lowest BCUT2D eigenvalue weighted by Gasteiger charge is -2.05. The maximum absolute atomic E-state index is 5.57. The Labute approximate surface area is 87.3 Å². The van der Waals surface area contributed by atoms with E-state index in [1.54, 1.807) is 11.3 Å². The third-order valence-electron chi connectivity index (χ3n) is 2.13. The van der Waals surface area contributed by atoms with Gasteiger partial charge in [0.1, 0.15) is 12.4 Å². The molecule has 0 fully saturated rings. The second-order valence-electron chi connectivity index (χ2n) is 3.19. The summed E-state index contributed by atoms with van der Waals surface area (Å²) in [6.45, 7) is 3.25. The van der Waals surface area contributed by atoms with Crippen LogP contribution in [0.2, 0.25) is 0 Å². The smallest absolute Gasteiger partial charge is 0.137 e. The SMILES string of the molecule is Cc1csc2c(OCCN)cccc12. The molecule has 2 aromatic rings. The van der Waals surface area contributed by atoms with Crippen LogP contribution in [0.5, 0.6) is 5.75 Å². The van der Waals surface area contributed by atoms with Crippen LogP contribution in [0.25, 0.3) is 10.1 Å². The van der Waals surface area contributed by atoms with Gasteiger partial charge in [-0.15, -0.1) is 11.3 Å². The van der Waals surface area contributed by atoms with Gasteiger partial charge in [0.2, 0.25) is 0 Å². The number of hydrogen-bond acceptors (Lipinski definition) is 3. The van der Waals surface area contributed by atoms with Crippen molar-refractivity contribution in [1.82, 2.24) is 0 Å². The molecule has 0 atom stereocenters. The van der Waals surface area contributed by atoms with Crippen molar-refractivity contribution < 1.29 is 4.74 Å². The minimum atomic E-state index is 0.556. The summed E-state index contributed by atoms with van der Waals surface area (Å²) in [5, 5.41) is 3.43. The van der Waals surface area contributed by atoms with Crippen molar-refractivity contribution >= 4 is 21.4 Å². The molecule has 0 amide bonds. The molecule has 14 heavy (non-hydrogen) atoms. The van der Waals surface area contributed by atoms with E-state index in [-0.39, 0.29) is 0 Å². The van der Waals surface area contributed by atoms with Crippen LogP contribution in [0.15, 0.2) is 23.6 Å². The van der Waals surface area contributed by atoms with Gasteiger partial charge in [0, 0.05) is 6.54 Å². The molecule has 1 aromatic carbocycles. The fraction of sp³-hybridized carbons (Fsp3) is 0.273. The van der Waals surface area contributed by atoms with Crippen LogP contribution in [-0.4, -0.2) is 13.2 Å². The molecule has 74 valence electrons. The Hall–Kier alpha value is -1.06. The minimum absolute atomic E-state index is 0.556. The largest absolute Gasteiger partial charge is 0.491 e. The molecule has 0 aliphatic rings. The van der Waals surface area contributed by atoms with Gasteiger partial charge in [-0.25, -0.2) is 0 Å². The molecule has 1 aromatic heterocycles. The van der Waals surface area contributed by atoms with Gasteiger partial charge in [0.15, 0.2) is 0 Å². The molecule has 0 aliphatic heterocycles. The van der Waals surface area contributed by atoms with E-state index in [2.05, 4.69) is 18.4 Å². The average molecular weight is 207 g/mol. The molecule has 0 radical (unpaired) electrons. The second-order valence-corrected chi connectivity index (χ2v) is 4.07. The number of benzene rings is 1. The van der Waals surface area contributed by atoms with Crippen LogP contribution < -0.4 is 10.5 Å². The van der Waals surface area contributed by atoms with Crippen LogP contribution >= 0.6 is 11.3 Å². The lowest BCUT2D eigenvalue weighted by Crippen LogP contribution is -2.10. The summed E-state index contributed by atoms with van der Waals surface area (Å²) in [6, 6.07) is 6.14. The third-order valence-corrected chi connectivity index (χ3v) is 3.26. The molecule has 2 N–H and O–H groups in total. The maximum Gasteiger partial charge on any atom is 0.137 e. The van der Waals surface area contributed by atoms with E-state index < -0.39 is 0 Å². The fourth-order valence-electron chi connectivity index (χ4n) is 1.44. The first-order valence-corrected chi connectivity index (χ1v) is 5.50. The minimum Gasteiger partial charge on any atom is -0.491 e. The summed E-state index contributed by atoms with van der Waals surface area (Å²) in [6.07, 6.45) is 0. The van der Waals surface area contributed by atoms with Crippen molar-refractivity contribution in [2.24, 2.45) is 5.73 Å². The van der Waals surface area contributed by atoms with E-state index in [0.717, 1.165) is 5.75 Å². The molecule has 0 saturated heterocycles. The maximum atomic E-state index is 5.57. The lowest BCUT2D eigenvalue weighted by molar-refractivity contribution is 0.332. The number of fused-ring (bicyclic) bond motifs is 1. The Kier molecular flexibility index (Phi) is 2.70. The Morgan fingerprint density at radius 3 is 3.07 bits per heavy atom. The topological polar surface area (TPSA) is 35.2 Å². The van der Waals surface area contributed by atoms with Crippen LogP contribution in [-0.2, 0) is 0 Å². The molecular formula is C11H13NOS. The predicted molar refractivity (Wildman–Crippen MR) is 61.1 cm³/mol. The summed E-state index contributed by atoms with van der Waals surface area (Å²) in [7, 11) is 0. The van der Waals surface area contributed by atoms with Crippen molar-refractivity contribution in [1.29, 1.82) is 0 Å². The molecule has 0 aliphatic carbocycles. The Balaban J connectivity index is 2.44. The summed E-state index contributed by atoms with van der Waals surface area (Å²) in [5.41, 5.74) is 6.71. The Morgan fingerprint density at radius 1 is 1.43 bits per heavy atom. The van der Waals surface area contributed by atoms with Crippen molar-refractivity contribution in [2.75, 3.05) is 13.2 Å². The van der Waals surface area contributed by atoms with Gasteiger partial charge in [-0.2, -0.15) is 0 Å². The summed E-state index contributed by atoms with van der Waals surface area (Å²) in [4.78, 5) is 0. The standard InChI is InChI=1S/C11H13NOS/c1-8-7-14-11-9(8)3-2-4-10(11)13-6-5-12/h2-4,7H,5-6,12H2,1H3. The van der Waals surface area contributed by atoms with E-state index in [1.165, 1.54) is 15.6 Å². The molecule has 3 heteroatoms. The van der Waals surface area contributed by atoms with Gasteiger partial charge in [-0.1, -0.05) is 12.1 Å². The highest BCUT2D eigenvalue weighted by atomic mass is 32.1. The van der Waals surface area contributed by atoms with Crippen LogP contribution in [0.3, 0.4) is 0 Å². The van der Waals surface area contributed by atoms with Gasteiger partial charge in [-0.3, -0.25) is 0 Å². The fourth-order valence-corrected chi connectivity index (χ4v) is 2.46. The molecule has 0 unspecified atom stereocenters. The zero-order chi connectivity index (χ0) is 9.97. The molecule has 0 spiro atoms. The first-order valence-electron chi connectivity index (χ1n) is 4.62. The highest BCUT2D eigenvalue weighted by molar-refractivity contribution is 7.17. The van der Waals surface area contributed by atoms with E-state index >= 15 is 0 Å². The second kappa shape index (κ2) is 3.98. The average Bonchev–Trinajstić information content (AvgIpc) is 2.58. The first-order chi connectivity index (χ1) is 6.83. The van der Waals surface area contributed by atoms with E-state index in [4.69, 9.17) is 10.5 Å². The predicted octanol–water partition coefficient (Wildman–Crippen LogP) is 2.55. The molecule has 2 nitrogen and oxygen atoms in total. The Bertz CT molecular complexity index is 436. The molecule has 1 heterocycles. The van der Waals surface area contributed by atoms with Crippen LogP contribution in [0.4, 0.5) is 0 Å². The number of rotatable bonds is 3. The van der Waals surface area contributed by atoms with Crippen molar-refractivity contribution in [3.05, 3.63) is 29.1 Å². The number of aryl methyl sites for hydroxylation is 1. The lowest BCUT2D eigenvalue weighted by atomic mass is 10.2. The summed E-state index contributed by atoms with van der Waals surface area (Å²) < 4.78 is 6.79. The number of nitrogens with two attached hydrogens (primary N) is 1. The quantitative estimate of drug-likeness (QED) is 0.839. The van der Waals surface area contributed by atoms with Gasteiger partial charge < -0.3 is 10.5 Å². The summed E-state index contributed by atoms with van der Waals surface area (Å²) >= 11 is 1.73. The number of thiophene rings is 1. The van der Waals surface area contributed by atoms with Gasteiger partial charge >= 0.3 is 0 Å². The molecule has 0 saturated carbocycles. The van der Waals surface area contributed by atoms with E-state index in [1.807, 2.05) is 12.1 Å². The number of hydrogen-bond donors (Lipinski definition) is 1. The third kappa shape index (κ3) is 1.61. The van der Waals surface area contributed by atoms with Gasteiger partial charge in [0.05, 0.1) is 4.70 Å². The van der Waals surface area contributed by atoms with Gasteiger partial charge in [-0.05, 0) is 29.3 Å². The zero-order valence-corrected chi connectivity index (χ0v) is 8.93. The Morgan fingerprint density at radius 2 is 2.29 bits per heavy atom. The van der Waals surface area contributed by atoms with Crippen molar-refractivity contribution in [3.63, 3.8) is 0 Å². The van der Waals surface area contributed by atoms with Crippen LogP contribution in [0, 0.1) is 6.92 Å². The highest BCUT2D eigenvalue weighted by Crippen LogP contribution is 2.33. The van der Waals surface area contributed by atoms with Crippen molar-refractivity contribution in [2.45, 2.75) is 6.92 Å². The summed E-state index contributed by atoms with van der Waals surface area (Å²) in [5.74, 6) is 0.950. The first kappa shape index (κ1) is 9.49. The normalized spacial score (nSPS) is 10.7. The van der Waals surface area contributed by atoms with E-state index in [9.17, 15) is 0 Å². The van der Waals surface area contributed by atoms with Gasteiger partial charge in [0.25, 0.3) is 0 Å². The van der Waals surface area contributed by atoms with Crippen molar-refractivity contribution in [3.8, 4) is 5.75 Å². The van der Waals surface area contributed by atoms with E-state index in [0.29, 0.717) is 13.2 Å². The number of ether oxygens (including phenoxy) is 1. The molecular weight excluding hydrogens is 194 g/mol. The highest BCUT2D eigenvalue weighted by Gasteiger charge is 2.05. The monoisotopic (exact) mass is 207 g/mol.